The van der Waals surface area contributed by atoms with Crippen LogP contribution in [0.2, 0.25) is 0 Å². The summed E-state index contributed by atoms with van der Waals surface area (Å²) in [5, 5.41) is 0.623. The molecule has 0 radical (unpaired) electrons. The highest BCUT2D eigenvalue weighted by Gasteiger charge is 2.36. The molecule has 0 aromatic heterocycles. The van der Waals surface area contributed by atoms with Crippen molar-refractivity contribution in [2.45, 2.75) is 20.8 Å². The molecule has 122 valence electrons. The average molecular weight is 329 g/mol. The number of carbonyl (C=O) groups excluding carboxylic acids is 1. The van der Waals surface area contributed by atoms with Crippen LogP contribution in [0.15, 0.2) is 42.5 Å². The van der Waals surface area contributed by atoms with Crippen LogP contribution in [0.25, 0.3) is 0 Å². The van der Waals surface area contributed by atoms with Gasteiger partial charge >= 0.3 is 0 Å². The van der Waals surface area contributed by atoms with E-state index in [1.165, 1.54) is 0 Å². The molecular formula is C19H24NO2P. The van der Waals surface area contributed by atoms with Gasteiger partial charge in [-0.15, -0.1) is 0 Å². The molecule has 1 unspecified atom stereocenters. The van der Waals surface area contributed by atoms with Gasteiger partial charge in [0.15, 0.2) is 7.14 Å². The Balaban J connectivity index is 2.62. The molecule has 0 aliphatic rings. The van der Waals surface area contributed by atoms with Crippen LogP contribution in [0.5, 0.6) is 0 Å². The summed E-state index contributed by atoms with van der Waals surface area (Å²) >= 11 is 0. The van der Waals surface area contributed by atoms with E-state index in [-0.39, 0.29) is 11.8 Å². The smallest absolute Gasteiger partial charge is 0.227 e. The molecule has 4 heteroatoms. The topological polar surface area (TPSA) is 37.4 Å². The second kappa shape index (κ2) is 6.82. The number of hydrogen-bond donors (Lipinski definition) is 0. The molecule has 1 atom stereocenters. The van der Waals surface area contributed by atoms with Crippen molar-refractivity contribution in [3.63, 3.8) is 0 Å². The van der Waals surface area contributed by atoms with Crippen LogP contribution in [-0.2, 0) is 4.57 Å². The highest BCUT2D eigenvalue weighted by molar-refractivity contribution is 7.87. The van der Waals surface area contributed by atoms with Crippen LogP contribution in [0.4, 0.5) is 0 Å². The van der Waals surface area contributed by atoms with Crippen molar-refractivity contribution < 1.29 is 9.36 Å². The van der Waals surface area contributed by atoms with Gasteiger partial charge in [-0.2, -0.15) is 0 Å². The average Bonchev–Trinajstić information content (AvgIpc) is 2.46. The quantitative estimate of drug-likeness (QED) is 0.779. The molecule has 2 aromatic carbocycles. The highest BCUT2D eigenvalue weighted by Crippen LogP contribution is 2.49. The predicted octanol–water partition coefficient (Wildman–Crippen LogP) is 3.96. The van der Waals surface area contributed by atoms with Gasteiger partial charge in [-0.05, 0) is 46.0 Å². The van der Waals surface area contributed by atoms with Gasteiger partial charge < -0.3 is 9.46 Å². The minimum absolute atomic E-state index is 0.239. The fourth-order valence-electron chi connectivity index (χ4n) is 3.03. The Kier molecular flexibility index (Phi) is 5.23. The van der Waals surface area contributed by atoms with E-state index >= 15 is 0 Å². The summed E-state index contributed by atoms with van der Waals surface area (Å²) < 4.78 is 13.7. The maximum absolute atomic E-state index is 13.7. The second-order valence-corrected chi connectivity index (χ2v) is 9.06. The molecule has 2 rings (SSSR count). The molecule has 0 spiro atoms. The van der Waals surface area contributed by atoms with Crippen molar-refractivity contribution in [2.24, 2.45) is 0 Å². The van der Waals surface area contributed by atoms with Crippen molar-refractivity contribution >= 4 is 18.0 Å². The largest absolute Gasteiger partial charge is 0.309 e. The zero-order valence-electron chi connectivity index (χ0n) is 14.5. The summed E-state index contributed by atoms with van der Waals surface area (Å²) in [7, 11) is 0.467. The molecule has 23 heavy (non-hydrogen) atoms. The van der Waals surface area contributed by atoms with E-state index in [0.717, 1.165) is 16.7 Å². The Morgan fingerprint density at radius 2 is 1.52 bits per heavy atom. The van der Waals surface area contributed by atoms with Gasteiger partial charge in [0.25, 0.3) is 0 Å². The molecule has 3 nitrogen and oxygen atoms in total. The van der Waals surface area contributed by atoms with E-state index in [1.807, 2.05) is 70.1 Å². The summed E-state index contributed by atoms with van der Waals surface area (Å²) in [4.78, 5) is 15.1. The van der Waals surface area contributed by atoms with Gasteiger partial charge in [0, 0.05) is 10.9 Å². The predicted molar refractivity (Wildman–Crippen MR) is 97.2 cm³/mol. The first kappa shape index (κ1) is 17.7. The van der Waals surface area contributed by atoms with Gasteiger partial charge in [-0.25, -0.2) is 0 Å². The normalized spacial score (nSPS) is 13.8. The summed E-state index contributed by atoms with van der Waals surface area (Å²) in [6.45, 7) is 5.83. The Morgan fingerprint density at radius 3 is 2.00 bits per heavy atom. The van der Waals surface area contributed by atoms with Crippen LogP contribution in [0, 0.1) is 20.8 Å². The molecule has 0 N–H and O–H groups in total. The molecule has 0 fully saturated rings. The lowest BCUT2D eigenvalue weighted by molar-refractivity contribution is 0.107. The fourth-order valence-corrected chi connectivity index (χ4v) is 5.72. The Bertz CT molecular complexity index is 743. The van der Waals surface area contributed by atoms with Crippen molar-refractivity contribution in [1.29, 1.82) is 0 Å². The van der Waals surface area contributed by atoms with Crippen molar-refractivity contribution in [1.82, 2.24) is 4.90 Å². The lowest BCUT2D eigenvalue weighted by Gasteiger charge is -2.23. The number of rotatable bonds is 5. The van der Waals surface area contributed by atoms with Crippen LogP contribution in [0.3, 0.4) is 0 Å². The van der Waals surface area contributed by atoms with Crippen LogP contribution in [-0.4, -0.2) is 30.8 Å². The molecule has 0 heterocycles. The molecule has 0 aliphatic heterocycles. The molecule has 0 bridgehead atoms. The van der Waals surface area contributed by atoms with Crippen molar-refractivity contribution in [3.8, 4) is 0 Å². The molecule has 0 aliphatic carbocycles. The number of hydrogen-bond acceptors (Lipinski definition) is 3. The Hall–Kier alpha value is -1.70. The first-order valence-electron chi connectivity index (χ1n) is 7.68. The maximum atomic E-state index is 13.7. The third-order valence-electron chi connectivity index (χ3n) is 3.87. The van der Waals surface area contributed by atoms with Crippen LogP contribution >= 0.6 is 7.14 Å². The van der Waals surface area contributed by atoms with Crippen molar-refractivity contribution in [3.05, 3.63) is 64.7 Å². The summed E-state index contributed by atoms with van der Waals surface area (Å²) in [6, 6.07) is 13.1. The molecule has 0 amide bonds. The lowest BCUT2D eigenvalue weighted by atomic mass is 10.0. The van der Waals surface area contributed by atoms with Gasteiger partial charge in [-0.1, -0.05) is 48.0 Å². The highest BCUT2D eigenvalue weighted by atomic mass is 31.2. The van der Waals surface area contributed by atoms with Gasteiger partial charge in [0.2, 0.25) is 5.52 Å². The monoisotopic (exact) mass is 329 g/mol. The SMILES string of the molecule is Cc1cc(C)c(C(=O)P(=O)(CN(C)C)c2ccccc2)c(C)c1. The van der Waals surface area contributed by atoms with E-state index < -0.39 is 7.14 Å². The molecule has 2 aromatic rings. The Morgan fingerprint density at radius 1 is 1.00 bits per heavy atom. The number of nitrogens with zero attached hydrogens (tertiary/aromatic N) is 1. The first-order chi connectivity index (χ1) is 10.8. The fraction of sp³-hybridized carbons (Fsp3) is 0.316. The third kappa shape index (κ3) is 3.63. The van der Waals surface area contributed by atoms with E-state index in [2.05, 4.69) is 0 Å². The minimum atomic E-state index is -3.22. The summed E-state index contributed by atoms with van der Waals surface area (Å²) in [5.41, 5.74) is 3.25. The second-order valence-electron chi connectivity index (χ2n) is 6.38. The number of carbonyl (C=O) groups is 1. The van der Waals surface area contributed by atoms with Gasteiger partial charge in [0.1, 0.15) is 0 Å². The lowest BCUT2D eigenvalue weighted by Crippen LogP contribution is -2.24. The third-order valence-corrected chi connectivity index (χ3v) is 6.85. The van der Waals surface area contributed by atoms with Crippen molar-refractivity contribution in [2.75, 3.05) is 20.4 Å². The Labute approximate surface area is 138 Å². The van der Waals surface area contributed by atoms with Crippen LogP contribution < -0.4 is 5.30 Å². The molecule has 0 saturated carbocycles. The van der Waals surface area contributed by atoms with E-state index in [0.29, 0.717) is 10.9 Å². The van der Waals surface area contributed by atoms with Crippen LogP contribution in [0.1, 0.15) is 27.0 Å². The van der Waals surface area contributed by atoms with Gasteiger partial charge in [0.05, 0.1) is 6.29 Å². The van der Waals surface area contributed by atoms with Gasteiger partial charge in [-0.3, -0.25) is 4.79 Å². The zero-order chi connectivity index (χ0) is 17.2. The van der Waals surface area contributed by atoms with E-state index in [4.69, 9.17) is 0 Å². The first-order valence-corrected chi connectivity index (χ1v) is 9.57. The number of benzene rings is 2. The van der Waals surface area contributed by atoms with E-state index in [9.17, 15) is 9.36 Å². The standard InChI is InChI=1S/C19H24NO2P/c1-14-11-15(2)18(16(3)12-14)19(21)23(22,13-20(4)5)17-9-7-6-8-10-17/h6-12H,13H2,1-5H3. The minimum Gasteiger partial charge on any atom is -0.309 e. The summed E-state index contributed by atoms with van der Waals surface area (Å²) in [5.74, 6) is 0. The van der Waals surface area contributed by atoms with E-state index in [1.54, 1.807) is 12.1 Å². The zero-order valence-corrected chi connectivity index (χ0v) is 15.4. The maximum Gasteiger partial charge on any atom is 0.227 e. The molecular weight excluding hydrogens is 305 g/mol. The number of aryl methyl sites for hydroxylation is 3. The summed E-state index contributed by atoms with van der Waals surface area (Å²) in [6.07, 6.45) is 0.239. The molecule has 0 saturated heterocycles.